The minimum absolute atomic E-state index is 0.0868. The summed E-state index contributed by atoms with van der Waals surface area (Å²) < 4.78 is 0. The Bertz CT molecular complexity index is 337. The number of aliphatic hydroxyl groups is 1. The van der Waals surface area contributed by atoms with Gasteiger partial charge in [0.15, 0.2) is 0 Å². The van der Waals surface area contributed by atoms with E-state index in [9.17, 15) is 5.11 Å². The molecule has 0 aliphatic carbocycles. The lowest BCUT2D eigenvalue weighted by Crippen LogP contribution is -2.41. The number of hydrogen-bond donors (Lipinski definition) is 5. The van der Waals surface area contributed by atoms with Crippen molar-refractivity contribution in [2.45, 2.75) is 96.1 Å². The third kappa shape index (κ3) is 17.5. The second-order valence-corrected chi connectivity index (χ2v) is 6.73. The summed E-state index contributed by atoms with van der Waals surface area (Å²) in [7, 11) is 0. The van der Waals surface area contributed by atoms with E-state index in [1.54, 1.807) is 6.08 Å². The van der Waals surface area contributed by atoms with Crippen molar-refractivity contribution in [1.82, 2.24) is 5.48 Å². The van der Waals surface area contributed by atoms with E-state index in [1.165, 1.54) is 64.2 Å². The van der Waals surface area contributed by atoms with Crippen LogP contribution in [0.5, 0.6) is 0 Å². The van der Waals surface area contributed by atoms with E-state index < -0.39 is 12.1 Å². The van der Waals surface area contributed by atoms with Gasteiger partial charge in [0.2, 0.25) is 5.96 Å². The molecule has 0 aromatic carbocycles. The first kappa shape index (κ1) is 23.9. The van der Waals surface area contributed by atoms with Gasteiger partial charge in [-0.3, -0.25) is 10.2 Å². The van der Waals surface area contributed by atoms with Crippen molar-refractivity contribution in [2.24, 2.45) is 11.5 Å². The molecule has 25 heavy (non-hydrogen) atoms. The lowest BCUT2D eigenvalue weighted by atomic mass is 10.0. The summed E-state index contributed by atoms with van der Waals surface area (Å²) in [6, 6.07) is -0.541. The molecule has 0 aliphatic rings. The minimum atomic E-state index is -0.749. The maximum Gasteiger partial charge on any atom is 0.210 e. The van der Waals surface area contributed by atoms with E-state index in [4.69, 9.17) is 21.7 Å². The monoisotopic (exact) mass is 356 g/mol. The molecule has 148 valence electrons. The van der Waals surface area contributed by atoms with Crippen molar-refractivity contribution in [3.63, 3.8) is 0 Å². The lowest BCUT2D eigenvalue weighted by molar-refractivity contribution is 0.0453. The maximum absolute atomic E-state index is 9.86. The normalized spacial score (nSPS) is 13.9. The number of unbranched alkanes of at least 4 members (excludes halogenated alkanes) is 11. The van der Waals surface area contributed by atoms with Gasteiger partial charge in [0.25, 0.3) is 0 Å². The molecule has 6 heteroatoms. The highest BCUT2D eigenvalue weighted by Gasteiger charge is 2.11. The van der Waals surface area contributed by atoms with Crippen LogP contribution in [0.1, 0.15) is 84.0 Å². The molecule has 0 bridgehead atoms. The van der Waals surface area contributed by atoms with Gasteiger partial charge < -0.3 is 16.6 Å². The SMILES string of the molecule is CCCCCCCCCCCCCC=CC(O)C(N)CONC(=N)N. The average Bonchev–Trinajstić information content (AvgIpc) is 2.58. The predicted molar refractivity (Wildman–Crippen MR) is 105 cm³/mol. The van der Waals surface area contributed by atoms with Crippen LogP contribution >= 0.6 is 0 Å². The third-order valence-corrected chi connectivity index (χ3v) is 4.20. The third-order valence-electron chi connectivity index (χ3n) is 4.20. The molecule has 0 heterocycles. The first-order valence-corrected chi connectivity index (χ1v) is 9.90. The number of rotatable bonds is 17. The first-order chi connectivity index (χ1) is 12.1. The van der Waals surface area contributed by atoms with Crippen LogP contribution in [-0.4, -0.2) is 29.8 Å². The van der Waals surface area contributed by atoms with Gasteiger partial charge in [0.1, 0.15) is 0 Å². The van der Waals surface area contributed by atoms with Crippen LogP contribution in [0.4, 0.5) is 0 Å². The van der Waals surface area contributed by atoms with E-state index >= 15 is 0 Å². The molecule has 0 aliphatic heterocycles. The number of aliphatic hydroxyl groups excluding tert-OH is 1. The second-order valence-electron chi connectivity index (χ2n) is 6.73. The number of guanidine groups is 1. The first-order valence-electron chi connectivity index (χ1n) is 9.90. The van der Waals surface area contributed by atoms with Crippen LogP contribution in [-0.2, 0) is 4.84 Å². The summed E-state index contributed by atoms with van der Waals surface area (Å²) in [4.78, 5) is 4.88. The average molecular weight is 357 g/mol. The van der Waals surface area contributed by atoms with E-state index in [-0.39, 0.29) is 12.6 Å². The molecule has 7 N–H and O–H groups in total. The lowest BCUT2D eigenvalue weighted by Gasteiger charge is -2.15. The van der Waals surface area contributed by atoms with Gasteiger partial charge in [0, 0.05) is 0 Å². The highest BCUT2D eigenvalue weighted by Crippen LogP contribution is 2.12. The summed E-state index contributed by atoms with van der Waals surface area (Å²) in [5.74, 6) is -0.284. The molecule has 0 aromatic rings. The molecule has 0 rings (SSSR count). The van der Waals surface area contributed by atoms with Gasteiger partial charge in [-0.15, -0.1) is 0 Å². The van der Waals surface area contributed by atoms with Crippen LogP contribution in [0.2, 0.25) is 0 Å². The Morgan fingerprint density at radius 1 is 1.04 bits per heavy atom. The zero-order chi connectivity index (χ0) is 18.8. The predicted octanol–water partition coefficient (Wildman–Crippen LogP) is 3.35. The number of hydrogen-bond acceptors (Lipinski definition) is 4. The topological polar surface area (TPSA) is 117 Å². The van der Waals surface area contributed by atoms with E-state index in [2.05, 4.69) is 12.4 Å². The molecule has 0 saturated heterocycles. The molecule has 0 saturated carbocycles. The van der Waals surface area contributed by atoms with Crippen LogP contribution in [0.3, 0.4) is 0 Å². The molecule has 0 fully saturated rings. The fraction of sp³-hybridized carbons (Fsp3) is 0.842. The zero-order valence-corrected chi connectivity index (χ0v) is 16.0. The molecule has 0 amide bonds. The quantitative estimate of drug-likeness (QED) is 0.0900. The highest BCUT2D eigenvalue weighted by atomic mass is 16.6. The minimum Gasteiger partial charge on any atom is -0.387 e. The van der Waals surface area contributed by atoms with Crippen molar-refractivity contribution < 1.29 is 9.94 Å². The standard InChI is InChI=1S/C19H40N4O2/c1-2-3-4-5-6-7-8-9-10-11-12-13-14-15-18(24)17(20)16-25-23-19(21)22/h14-15,17-18,24H,2-13,16,20H2,1H3,(H4,21,22,23). The number of hydroxylamine groups is 1. The van der Waals surface area contributed by atoms with Crippen molar-refractivity contribution in [1.29, 1.82) is 5.41 Å². The van der Waals surface area contributed by atoms with Crippen molar-refractivity contribution in [3.8, 4) is 0 Å². The van der Waals surface area contributed by atoms with Crippen molar-refractivity contribution in [3.05, 3.63) is 12.2 Å². The van der Waals surface area contributed by atoms with Crippen LogP contribution in [0.25, 0.3) is 0 Å². The summed E-state index contributed by atoms with van der Waals surface area (Å²) >= 11 is 0. The van der Waals surface area contributed by atoms with E-state index in [0.29, 0.717) is 0 Å². The fourth-order valence-electron chi connectivity index (χ4n) is 2.62. The van der Waals surface area contributed by atoms with Crippen molar-refractivity contribution >= 4 is 5.96 Å². The van der Waals surface area contributed by atoms with E-state index in [0.717, 1.165) is 12.8 Å². The van der Waals surface area contributed by atoms with Crippen LogP contribution in [0, 0.1) is 5.41 Å². The molecule has 2 atom stereocenters. The molecular formula is C19H40N4O2. The van der Waals surface area contributed by atoms with Gasteiger partial charge in [0.05, 0.1) is 18.8 Å². The Balaban J connectivity index is 3.40. The Labute approximate surface area is 153 Å². The van der Waals surface area contributed by atoms with Gasteiger partial charge >= 0.3 is 0 Å². The molecule has 0 spiro atoms. The van der Waals surface area contributed by atoms with Gasteiger partial charge in [-0.1, -0.05) is 83.3 Å². The highest BCUT2D eigenvalue weighted by molar-refractivity contribution is 5.72. The Hall–Kier alpha value is -1.11. The molecule has 6 nitrogen and oxygen atoms in total. The molecule has 0 radical (unpaired) electrons. The maximum atomic E-state index is 9.86. The van der Waals surface area contributed by atoms with Gasteiger partial charge in [-0.05, 0) is 12.8 Å². The summed E-state index contributed by atoms with van der Waals surface area (Å²) in [6.45, 7) is 2.34. The van der Waals surface area contributed by atoms with Gasteiger partial charge in [-0.25, -0.2) is 5.48 Å². The fourth-order valence-corrected chi connectivity index (χ4v) is 2.62. The molecule has 0 aromatic heterocycles. The van der Waals surface area contributed by atoms with Crippen molar-refractivity contribution in [2.75, 3.05) is 6.61 Å². The Kier molecular flexibility index (Phi) is 16.9. The van der Waals surface area contributed by atoms with E-state index in [1.807, 2.05) is 6.08 Å². The second kappa shape index (κ2) is 17.7. The molecule has 2 unspecified atom stereocenters. The summed E-state index contributed by atoms with van der Waals surface area (Å²) in [6.07, 6.45) is 18.6. The number of nitrogens with one attached hydrogen (secondary N) is 2. The smallest absolute Gasteiger partial charge is 0.210 e. The Morgan fingerprint density at radius 2 is 1.56 bits per heavy atom. The largest absolute Gasteiger partial charge is 0.387 e. The summed E-state index contributed by atoms with van der Waals surface area (Å²) in [5.41, 5.74) is 13.0. The van der Waals surface area contributed by atoms with Gasteiger partial charge in [-0.2, -0.15) is 0 Å². The number of allylic oxidation sites excluding steroid dienone is 1. The van der Waals surface area contributed by atoms with Crippen LogP contribution in [0.15, 0.2) is 12.2 Å². The Morgan fingerprint density at radius 3 is 2.08 bits per heavy atom. The zero-order valence-electron chi connectivity index (χ0n) is 16.0. The summed E-state index contributed by atoms with van der Waals surface area (Å²) in [5, 5.41) is 16.8. The number of nitrogens with two attached hydrogens (primary N) is 2. The van der Waals surface area contributed by atoms with Crippen LogP contribution < -0.4 is 16.9 Å². The molecular weight excluding hydrogens is 316 g/mol.